The number of carbonyl (C=O) groups excluding carboxylic acids is 1. The maximum absolute atomic E-state index is 13.2. The second kappa shape index (κ2) is 7.31. The highest BCUT2D eigenvalue weighted by molar-refractivity contribution is 7.99. The molecule has 3 rings (SSSR count). The lowest BCUT2D eigenvalue weighted by atomic mass is 10.3. The SMILES string of the molecule is CCOC(=O)CSc1nnc(-c2ccco2)n1-c1ccc(F)cc1. The van der Waals surface area contributed by atoms with Crippen LogP contribution in [0, 0.1) is 5.82 Å². The lowest BCUT2D eigenvalue weighted by Crippen LogP contribution is -2.08. The van der Waals surface area contributed by atoms with Crippen LogP contribution in [0.15, 0.2) is 52.2 Å². The van der Waals surface area contributed by atoms with E-state index in [2.05, 4.69) is 10.2 Å². The summed E-state index contributed by atoms with van der Waals surface area (Å²) in [6, 6.07) is 9.41. The Morgan fingerprint density at radius 1 is 1.29 bits per heavy atom. The van der Waals surface area contributed by atoms with Crippen molar-refractivity contribution in [3.63, 3.8) is 0 Å². The van der Waals surface area contributed by atoms with E-state index in [0.29, 0.717) is 29.0 Å². The van der Waals surface area contributed by atoms with E-state index in [1.807, 2.05) is 0 Å². The summed E-state index contributed by atoms with van der Waals surface area (Å²) >= 11 is 1.19. The Kier molecular flexibility index (Phi) is 4.95. The number of esters is 1. The first-order valence-electron chi connectivity index (χ1n) is 7.22. The van der Waals surface area contributed by atoms with Crippen molar-refractivity contribution in [1.82, 2.24) is 14.8 Å². The molecule has 0 aliphatic rings. The molecule has 0 bridgehead atoms. The van der Waals surface area contributed by atoms with Gasteiger partial charge in [-0.25, -0.2) is 4.39 Å². The van der Waals surface area contributed by atoms with Crippen LogP contribution in [0.3, 0.4) is 0 Å². The molecule has 0 atom stereocenters. The number of ether oxygens (including phenoxy) is 1. The largest absolute Gasteiger partial charge is 0.465 e. The van der Waals surface area contributed by atoms with Gasteiger partial charge in [0.05, 0.1) is 24.3 Å². The molecule has 2 aromatic heterocycles. The molecular formula is C16H14FN3O3S. The number of hydrogen-bond donors (Lipinski definition) is 0. The minimum absolute atomic E-state index is 0.103. The molecule has 0 fully saturated rings. The van der Waals surface area contributed by atoms with Gasteiger partial charge in [-0.2, -0.15) is 0 Å². The Balaban J connectivity index is 1.97. The molecule has 2 heterocycles. The molecule has 24 heavy (non-hydrogen) atoms. The van der Waals surface area contributed by atoms with Gasteiger partial charge in [-0.1, -0.05) is 11.8 Å². The van der Waals surface area contributed by atoms with Crippen LogP contribution in [0.25, 0.3) is 17.3 Å². The molecule has 0 radical (unpaired) electrons. The van der Waals surface area contributed by atoms with Crippen molar-refractivity contribution in [3.8, 4) is 17.3 Å². The maximum atomic E-state index is 13.2. The van der Waals surface area contributed by atoms with Crippen LogP contribution in [0.5, 0.6) is 0 Å². The Labute approximate surface area is 141 Å². The summed E-state index contributed by atoms with van der Waals surface area (Å²) in [7, 11) is 0. The van der Waals surface area contributed by atoms with Crippen molar-refractivity contribution >= 4 is 17.7 Å². The molecule has 0 aliphatic heterocycles. The van der Waals surface area contributed by atoms with Crippen LogP contribution in [-0.4, -0.2) is 33.1 Å². The minimum atomic E-state index is -0.341. The maximum Gasteiger partial charge on any atom is 0.316 e. The van der Waals surface area contributed by atoms with E-state index in [-0.39, 0.29) is 17.5 Å². The molecule has 3 aromatic rings. The van der Waals surface area contributed by atoms with E-state index in [1.54, 1.807) is 35.8 Å². The molecule has 0 saturated carbocycles. The number of carbonyl (C=O) groups is 1. The highest BCUT2D eigenvalue weighted by Gasteiger charge is 2.19. The zero-order valence-corrected chi connectivity index (χ0v) is 13.6. The Hall–Kier alpha value is -2.61. The van der Waals surface area contributed by atoms with Gasteiger partial charge in [0.2, 0.25) is 5.82 Å². The predicted molar refractivity (Wildman–Crippen MR) is 86.4 cm³/mol. The van der Waals surface area contributed by atoms with Crippen LogP contribution in [0.1, 0.15) is 6.92 Å². The molecule has 0 saturated heterocycles. The molecule has 0 amide bonds. The van der Waals surface area contributed by atoms with E-state index in [4.69, 9.17) is 9.15 Å². The second-order valence-corrected chi connectivity index (χ2v) is 5.63. The zero-order chi connectivity index (χ0) is 16.9. The van der Waals surface area contributed by atoms with Gasteiger partial charge < -0.3 is 9.15 Å². The van der Waals surface area contributed by atoms with Crippen LogP contribution < -0.4 is 0 Å². The van der Waals surface area contributed by atoms with Gasteiger partial charge in [0.25, 0.3) is 0 Å². The summed E-state index contributed by atoms with van der Waals surface area (Å²) in [4.78, 5) is 11.6. The summed E-state index contributed by atoms with van der Waals surface area (Å²) in [5.41, 5.74) is 0.666. The standard InChI is InChI=1S/C16H14FN3O3S/c1-2-22-14(21)10-24-16-19-18-15(13-4-3-9-23-13)20(16)12-7-5-11(17)6-8-12/h3-9H,2,10H2,1H3. The number of hydrogen-bond acceptors (Lipinski definition) is 6. The van der Waals surface area contributed by atoms with Crippen molar-refractivity contribution in [2.75, 3.05) is 12.4 Å². The second-order valence-electron chi connectivity index (χ2n) is 4.69. The van der Waals surface area contributed by atoms with E-state index < -0.39 is 0 Å². The average Bonchev–Trinajstić information content (AvgIpc) is 3.23. The number of furan rings is 1. The smallest absolute Gasteiger partial charge is 0.316 e. The lowest BCUT2D eigenvalue weighted by Gasteiger charge is -2.09. The van der Waals surface area contributed by atoms with E-state index in [0.717, 1.165) is 0 Å². The fourth-order valence-corrected chi connectivity index (χ4v) is 2.83. The van der Waals surface area contributed by atoms with Crippen LogP contribution >= 0.6 is 11.8 Å². The number of rotatable bonds is 6. The quantitative estimate of drug-likeness (QED) is 0.503. The third kappa shape index (κ3) is 3.48. The number of halogens is 1. The zero-order valence-electron chi connectivity index (χ0n) is 12.8. The minimum Gasteiger partial charge on any atom is -0.465 e. The monoisotopic (exact) mass is 347 g/mol. The first-order valence-corrected chi connectivity index (χ1v) is 8.21. The fraction of sp³-hybridized carbons (Fsp3) is 0.188. The summed E-state index contributed by atoms with van der Waals surface area (Å²) < 4.78 is 25.2. The van der Waals surface area contributed by atoms with Crippen LogP contribution in [0.4, 0.5) is 4.39 Å². The first kappa shape index (κ1) is 16.3. The number of aromatic nitrogens is 3. The number of benzene rings is 1. The van der Waals surface area contributed by atoms with Gasteiger partial charge >= 0.3 is 5.97 Å². The molecule has 0 unspecified atom stereocenters. The summed E-state index contributed by atoms with van der Waals surface area (Å²) in [5, 5.41) is 8.74. The molecule has 0 aliphatic carbocycles. The Bertz CT molecular complexity index is 816. The van der Waals surface area contributed by atoms with Gasteiger partial charge in [0, 0.05) is 0 Å². The Morgan fingerprint density at radius 2 is 2.08 bits per heavy atom. The molecule has 6 nitrogen and oxygen atoms in total. The topological polar surface area (TPSA) is 70.2 Å². The predicted octanol–water partition coefficient (Wildman–Crippen LogP) is 3.32. The van der Waals surface area contributed by atoms with Crippen molar-refractivity contribution in [2.24, 2.45) is 0 Å². The lowest BCUT2D eigenvalue weighted by molar-refractivity contribution is -0.139. The van der Waals surface area contributed by atoms with Crippen molar-refractivity contribution in [3.05, 3.63) is 48.5 Å². The fourth-order valence-electron chi connectivity index (χ4n) is 2.08. The molecule has 0 N–H and O–H groups in total. The molecule has 8 heteroatoms. The normalized spacial score (nSPS) is 10.8. The summed E-state index contributed by atoms with van der Waals surface area (Å²) in [6.07, 6.45) is 1.53. The van der Waals surface area contributed by atoms with E-state index >= 15 is 0 Å². The first-order chi connectivity index (χ1) is 11.7. The van der Waals surface area contributed by atoms with Gasteiger partial charge in [0.15, 0.2) is 10.9 Å². The highest BCUT2D eigenvalue weighted by Crippen LogP contribution is 2.28. The van der Waals surface area contributed by atoms with Crippen molar-refractivity contribution < 1.29 is 18.3 Å². The Morgan fingerprint density at radius 3 is 2.75 bits per heavy atom. The average molecular weight is 347 g/mol. The highest BCUT2D eigenvalue weighted by atomic mass is 32.2. The third-order valence-electron chi connectivity index (χ3n) is 3.08. The molecule has 124 valence electrons. The van der Waals surface area contributed by atoms with Crippen LogP contribution in [0.2, 0.25) is 0 Å². The van der Waals surface area contributed by atoms with Crippen LogP contribution in [-0.2, 0) is 9.53 Å². The van der Waals surface area contributed by atoms with E-state index in [9.17, 15) is 9.18 Å². The van der Waals surface area contributed by atoms with Gasteiger partial charge in [-0.05, 0) is 43.3 Å². The van der Waals surface area contributed by atoms with Crippen molar-refractivity contribution in [2.45, 2.75) is 12.1 Å². The molecule has 1 aromatic carbocycles. The molecule has 0 spiro atoms. The van der Waals surface area contributed by atoms with E-state index in [1.165, 1.54) is 30.2 Å². The summed E-state index contributed by atoms with van der Waals surface area (Å²) in [5.74, 6) is 0.418. The van der Waals surface area contributed by atoms with Gasteiger partial charge in [-0.3, -0.25) is 9.36 Å². The van der Waals surface area contributed by atoms with Gasteiger partial charge in [0.1, 0.15) is 5.82 Å². The summed E-state index contributed by atoms with van der Waals surface area (Å²) in [6.45, 7) is 2.07. The third-order valence-corrected chi connectivity index (χ3v) is 3.99. The van der Waals surface area contributed by atoms with Crippen molar-refractivity contribution in [1.29, 1.82) is 0 Å². The number of thioether (sulfide) groups is 1. The molecular weight excluding hydrogens is 333 g/mol. The number of nitrogens with zero attached hydrogens (tertiary/aromatic N) is 3. The van der Waals surface area contributed by atoms with Gasteiger partial charge in [-0.15, -0.1) is 10.2 Å².